The predicted octanol–water partition coefficient (Wildman–Crippen LogP) is 3.58. The molecule has 2 aromatic rings. The molecule has 98 valence electrons. The van der Waals surface area contributed by atoms with Crippen LogP contribution in [0.1, 0.15) is 24.1 Å². The van der Waals surface area contributed by atoms with Crippen molar-refractivity contribution in [3.63, 3.8) is 0 Å². The molecule has 2 rings (SSSR count). The number of ether oxygens (including phenoxy) is 1. The summed E-state index contributed by atoms with van der Waals surface area (Å²) in [6.45, 7) is 1.99. The maximum absolute atomic E-state index is 9.68. The van der Waals surface area contributed by atoms with Crippen molar-refractivity contribution in [2.24, 2.45) is 4.99 Å². The lowest BCUT2D eigenvalue weighted by atomic mass is 10.1. The van der Waals surface area contributed by atoms with E-state index in [0.717, 1.165) is 11.3 Å². The first-order valence-corrected chi connectivity index (χ1v) is 6.16. The quantitative estimate of drug-likeness (QED) is 0.848. The number of phenols is 1. The van der Waals surface area contributed by atoms with E-state index in [1.807, 2.05) is 43.3 Å². The molecular weight excluding hydrogens is 238 g/mol. The van der Waals surface area contributed by atoms with Crippen molar-refractivity contribution < 1.29 is 9.84 Å². The zero-order valence-corrected chi connectivity index (χ0v) is 11.1. The Morgan fingerprint density at radius 1 is 1.11 bits per heavy atom. The molecule has 0 bridgehead atoms. The zero-order valence-electron chi connectivity index (χ0n) is 11.1. The predicted molar refractivity (Wildman–Crippen MR) is 77.1 cm³/mol. The van der Waals surface area contributed by atoms with Crippen LogP contribution in [0, 0.1) is 0 Å². The minimum Gasteiger partial charge on any atom is -0.507 e. The molecule has 3 nitrogen and oxygen atoms in total. The second kappa shape index (κ2) is 6.05. The number of hydrogen-bond donors (Lipinski definition) is 1. The lowest BCUT2D eigenvalue weighted by molar-refractivity contribution is 0.407. The van der Waals surface area contributed by atoms with E-state index in [1.54, 1.807) is 25.5 Å². The van der Waals surface area contributed by atoms with E-state index >= 15 is 0 Å². The molecule has 0 spiro atoms. The molecule has 0 saturated carbocycles. The van der Waals surface area contributed by atoms with E-state index in [-0.39, 0.29) is 11.8 Å². The van der Waals surface area contributed by atoms with Crippen molar-refractivity contribution in [3.05, 3.63) is 59.7 Å². The lowest BCUT2D eigenvalue weighted by Gasteiger charge is -2.11. The maximum atomic E-state index is 9.68. The Bertz CT molecular complexity index is 578. The van der Waals surface area contributed by atoms with Crippen LogP contribution in [-0.4, -0.2) is 18.4 Å². The molecule has 1 atom stereocenters. The van der Waals surface area contributed by atoms with Crippen LogP contribution in [0.2, 0.25) is 0 Å². The number of methoxy groups -OCH3 is 1. The summed E-state index contributed by atoms with van der Waals surface area (Å²) in [6.07, 6.45) is 1.69. The number of aliphatic imine (C=N–C) groups is 1. The molecule has 0 radical (unpaired) electrons. The van der Waals surface area contributed by atoms with Gasteiger partial charge in [-0.15, -0.1) is 0 Å². The minimum atomic E-state index is -0.0317. The molecule has 3 heteroatoms. The van der Waals surface area contributed by atoms with Crippen LogP contribution in [0.5, 0.6) is 11.5 Å². The number of benzene rings is 2. The number of para-hydroxylation sites is 2. The third-order valence-corrected chi connectivity index (χ3v) is 2.96. The smallest absolute Gasteiger partial charge is 0.124 e. The molecule has 0 saturated heterocycles. The van der Waals surface area contributed by atoms with Gasteiger partial charge < -0.3 is 9.84 Å². The molecule has 0 amide bonds. The standard InChI is InChI=1S/C16H17NO2/c1-12(14-8-4-6-10-16(14)19-2)17-11-13-7-3-5-9-15(13)18/h3-12,18H,1-2H3/t12-/m1/s1. The van der Waals surface area contributed by atoms with Gasteiger partial charge in [0.1, 0.15) is 11.5 Å². The molecule has 0 aliphatic rings. The molecule has 0 fully saturated rings. The van der Waals surface area contributed by atoms with E-state index in [9.17, 15) is 5.11 Å². The Labute approximate surface area is 113 Å². The molecule has 1 N–H and O–H groups in total. The van der Waals surface area contributed by atoms with Crippen molar-refractivity contribution in [2.75, 3.05) is 7.11 Å². The Balaban J connectivity index is 2.21. The third-order valence-electron chi connectivity index (χ3n) is 2.96. The monoisotopic (exact) mass is 255 g/mol. The van der Waals surface area contributed by atoms with Gasteiger partial charge in [-0.3, -0.25) is 4.99 Å². The van der Waals surface area contributed by atoms with Crippen LogP contribution in [0.15, 0.2) is 53.5 Å². The summed E-state index contributed by atoms with van der Waals surface area (Å²) in [5, 5.41) is 9.68. The first-order chi connectivity index (χ1) is 9.22. The Morgan fingerprint density at radius 2 is 1.79 bits per heavy atom. The van der Waals surface area contributed by atoms with Gasteiger partial charge in [-0.05, 0) is 25.1 Å². The van der Waals surface area contributed by atoms with Gasteiger partial charge in [0.05, 0.1) is 13.2 Å². The molecule has 0 heterocycles. The molecule has 0 aliphatic heterocycles. The molecule has 0 unspecified atom stereocenters. The van der Waals surface area contributed by atoms with E-state index < -0.39 is 0 Å². The van der Waals surface area contributed by atoms with Gasteiger partial charge in [0.2, 0.25) is 0 Å². The summed E-state index contributed by atoms with van der Waals surface area (Å²) in [4.78, 5) is 4.47. The van der Waals surface area contributed by atoms with Gasteiger partial charge in [-0.25, -0.2) is 0 Å². The second-order valence-electron chi connectivity index (χ2n) is 4.25. The highest BCUT2D eigenvalue weighted by atomic mass is 16.5. The Kier molecular flexibility index (Phi) is 4.18. The second-order valence-corrected chi connectivity index (χ2v) is 4.25. The largest absolute Gasteiger partial charge is 0.507 e. The topological polar surface area (TPSA) is 41.8 Å². The van der Waals surface area contributed by atoms with Gasteiger partial charge in [-0.2, -0.15) is 0 Å². The van der Waals surface area contributed by atoms with E-state index in [1.165, 1.54) is 0 Å². The maximum Gasteiger partial charge on any atom is 0.124 e. The van der Waals surface area contributed by atoms with Gasteiger partial charge in [0.25, 0.3) is 0 Å². The number of nitrogens with zero attached hydrogens (tertiary/aromatic N) is 1. The van der Waals surface area contributed by atoms with Gasteiger partial charge in [0.15, 0.2) is 0 Å². The minimum absolute atomic E-state index is 0.0317. The van der Waals surface area contributed by atoms with Gasteiger partial charge in [-0.1, -0.05) is 30.3 Å². The lowest BCUT2D eigenvalue weighted by Crippen LogP contribution is -1.96. The molecular formula is C16H17NO2. The normalized spacial score (nSPS) is 12.5. The summed E-state index contributed by atoms with van der Waals surface area (Å²) >= 11 is 0. The van der Waals surface area contributed by atoms with Gasteiger partial charge in [0, 0.05) is 17.3 Å². The summed E-state index contributed by atoms with van der Waals surface area (Å²) in [7, 11) is 1.65. The van der Waals surface area contributed by atoms with Gasteiger partial charge >= 0.3 is 0 Å². The SMILES string of the molecule is COc1ccccc1[C@@H](C)N=Cc1ccccc1O. The number of phenolic OH excluding ortho intramolecular Hbond substituents is 1. The van der Waals surface area contributed by atoms with Crippen LogP contribution in [-0.2, 0) is 0 Å². The Morgan fingerprint density at radius 3 is 2.53 bits per heavy atom. The highest BCUT2D eigenvalue weighted by molar-refractivity contribution is 5.83. The van der Waals surface area contributed by atoms with Crippen LogP contribution in [0.3, 0.4) is 0 Å². The van der Waals surface area contributed by atoms with E-state index in [0.29, 0.717) is 5.56 Å². The first kappa shape index (κ1) is 13.1. The molecule has 19 heavy (non-hydrogen) atoms. The molecule has 0 aromatic heterocycles. The fourth-order valence-corrected chi connectivity index (χ4v) is 1.88. The van der Waals surface area contributed by atoms with Crippen molar-refractivity contribution in [2.45, 2.75) is 13.0 Å². The van der Waals surface area contributed by atoms with E-state index in [4.69, 9.17) is 4.74 Å². The van der Waals surface area contributed by atoms with Crippen LogP contribution in [0.25, 0.3) is 0 Å². The summed E-state index contributed by atoms with van der Waals surface area (Å²) in [5.74, 6) is 1.06. The van der Waals surface area contributed by atoms with Crippen molar-refractivity contribution >= 4 is 6.21 Å². The summed E-state index contributed by atoms with van der Waals surface area (Å²) in [5.41, 5.74) is 1.74. The average Bonchev–Trinajstić information content (AvgIpc) is 2.46. The number of hydrogen-bond acceptors (Lipinski definition) is 3. The third kappa shape index (κ3) is 3.13. The van der Waals surface area contributed by atoms with Crippen molar-refractivity contribution in [1.29, 1.82) is 0 Å². The first-order valence-electron chi connectivity index (χ1n) is 6.16. The number of aromatic hydroxyl groups is 1. The van der Waals surface area contributed by atoms with Crippen molar-refractivity contribution in [1.82, 2.24) is 0 Å². The van der Waals surface area contributed by atoms with E-state index in [2.05, 4.69) is 4.99 Å². The zero-order chi connectivity index (χ0) is 13.7. The molecule has 0 aliphatic carbocycles. The van der Waals surface area contributed by atoms with Crippen LogP contribution >= 0.6 is 0 Å². The fraction of sp³-hybridized carbons (Fsp3) is 0.188. The summed E-state index contributed by atoms with van der Waals surface area (Å²) in [6, 6.07) is 14.9. The average molecular weight is 255 g/mol. The van der Waals surface area contributed by atoms with Crippen LogP contribution in [0.4, 0.5) is 0 Å². The highest BCUT2D eigenvalue weighted by Gasteiger charge is 2.08. The molecule has 2 aromatic carbocycles. The highest BCUT2D eigenvalue weighted by Crippen LogP contribution is 2.27. The van der Waals surface area contributed by atoms with Crippen LogP contribution < -0.4 is 4.74 Å². The number of rotatable bonds is 4. The fourth-order valence-electron chi connectivity index (χ4n) is 1.88. The Hall–Kier alpha value is -2.29. The summed E-state index contributed by atoms with van der Waals surface area (Å²) < 4.78 is 5.32. The van der Waals surface area contributed by atoms with Crippen molar-refractivity contribution in [3.8, 4) is 11.5 Å².